The number of nitrogens with one attached hydrogen (secondary N) is 2. The van der Waals surface area contributed by atoms with Crippen molar-refractivity contribution in [2.75, 3.05) is 5.32 Å². The number of amides is 1. The number of carbonyl (C=O) groups is 1. The van der Waals surface area contributed by atoms with Crippen molar-refractivity contribution in [2.24, 2.45) is 5.92 Å². The van der Waals surface area contributed by atoms with Gasteiger partial charge in [0, 0.05) is 6.42 Å². The quantitative estimate of drug-likeness (QED) is 0.830. The topological polar surface area (TPSA) is 57.8 Å². The maximum Gasteiger partial charge on any atom is 0.226 e. The van der Waals surface area contributed by atoms with Gasteiger partial charge in [0.05, 0.1) is 11.0 Å². The molecule has 0 spiro atoms. The highest BCUT2D eigenvalue weighted by molar-refractivity contribution is 5.91. The molecule has 4 nitrogen and oxygen atoms in total. The number of anilines is 1. The first kappa shape index (κ1) is 10.7. The zero-order chi connectivity index (χ0) is 11.5. The van der Waals surface area contributed by atoms with Gasteiger partial charge in [-0.15, -0.1) is 0 Å². The van der Waals surface area contributed by atoms with Crippen molar-refractivity contribution in [3.05, 3.63) is 24.3 Å². The molecule has 84 valence electrons. The monoisotopic (exact) mass is 217 g/mol. The largest absolute Gasteiger partial charge is 0.324 e. The van der Waals surface area contributed by atoms with Crippen LogP contribution in [0.15, 0.2) is 24.3 Å². The normalized spacial score (nSPS) is 10.9. The van der Waals surface area contributed by atoms with Crippen molar-refractivity contribution >= 4 is 22.9 Å². The average molecular weight is 217 g/mol. The summed E-state index contributed by atoms with van der Waals surface area (Å²) < 4.78 is 0. The van der Waals surface area contributed by atoms with Crippen molar-refractivity contribution in [3.8, 4) is 0 Å². The fraction of sp³-hybridized carbons (Fsp3) is 0.333. The molecular formula is C12H15N3O. The Morgan fingerprint density at radius 2 is 2.19 bits per heavy atom. The molecule has 0 aliphatic heterocycles. The number of hydrogen-bond acceptors (Lipinski definition) is 2. The van der Waals surface area contributed by atoms with E-state index in [2.05, 4.69) is 15.3 Å². The van der Waals surface area contributed by atoms with E-state index in [-0.39, 0.29) is 5.91 Å². The summed E-state index contributed by atoms with van der Waals surface area (Å²) in [6.07, 6.45) is 0.511. The van der Waals surface area contributed by atoms with Crippen molar-refractivity contribution in [3.63, 3.8) is 0 Å². The van der Waals surface area contributed by atoms with Crippen LogP contribution >= 0.6 is 0 Å². The fourth-order valence-electron chi connectivity index (χ4n) is 1.57. The Balaban J connectivity index is 2.12. The van der Waals surface area contributed by atoms with Gasteiger partial charge in [-0.2, -0.15) is 0 Å². The maximum atomic E-state index is 11.5. The molecule has 1 aromatic heterocycles. The van der Waals surface area contributed by atoms with Crippen LogP contribution in [-0.2, 0) is 4.79 Å². The molecule has 0 atom stereocenters. The van der Waals surface area contributed by atoms with Gasteiger partial charge in [-0.3, -0.25) is 10.1 Å². The minimum Gasteiger partial charge on any atom is -0.324 e. The highest BCUT2D eigenvalue weighted by Gasteiger charge is 2.07. The van der Waals surface area contributed by atoms with Crippen LogP contribution < -0.4 is 5.32 Å². The predicted molar refractivity (Wildman–Crippen MR) is 64.2 cm³/mol. The number of rotatable bonds is 3. The third-order valence-electron chi connectivity index (χ3n) is 2.24. The Hall–Kier alpha value is -1.84. The van der Waals surface area contributed by atoms with E-state index in [9.17, 15) is 4.79 Å². The highest BCUT2D eigenvalue weighted by Crippen LogP contribution is 2.13. The summed E-state index contributed by atoms with van der Waals surface area (Å²) in [6.45, 7) is 4.02. The van der Waals surface area contributed by atoms with E-state index in [1.54, 1.807) is 0 Å². The van der Waals surface area contributed by atoms with Crippen LogP contribution in [0.2, 0.25) is 0 Å². The van der Waals surface area contributed by atoms with Gasteiger partial charge in [0.2, 0.25) is 11.9 Å². The van der Waals surface area contributed by atoms with Gasteiger partial charge < -0.3 is 4.98 Å². The Bertz CT molecular complexity index is 469. The van der Waals surface area contributed by atoms with Crippen LogP contribution in [0, 0.1) is 5.92 Å². The minimum atomic E-state index is -0.00550. The van der Waals surface area contributed by atoms with E-state index in [1.165, 1.54) is 0 Å². The van der Waals surface area contributed by atoms with Gasteiger partial charge in [0.1, 0.15) is 0 Å². The molecule has 0 bridgehead atoms. The lowest BCUT2D eigenvalue weighted by atomic mass is 10.1. The molecule has 1 heterocycles. The van der Waals surface area contributed by atoms with Crippen LogP contribution in [0.4, 0.5) is 5.95 Å². The average Bonchev–Trinajstić information content (AvgIpc) is 2.57. The molecule has 4 heteroatoms. The first-order valence-corrected chi connectivity index (χ1v) is 5.40. The predicted octanol–water partition coefficient (Wildman–Crippen LogP) is 2.55. The van der Waals surface area contributed by atoms with Crippen LogP contribution in [0.25, 0.3) is 11.0 Å². The molecular weight excluding hydrogens is 202 g/mol. The third-order valence-corrected chi connectivity index (χ3v) is 2.24. The standard InChI is InChI=1S/C12H15N3O/c1-8(2)7-11(16)15-12-13-9-5-3-4-6-10(9)14-12/h3-6,8H,7H2,1-2H3,(H2,13,14,15,16). The molecule has 2 rings (SSSR count). The second-order valence-corrected chi connectivity index (χ2v) is 4.25. The highest BCUT2D eigenvalue weighted by atomic mass is 16.1. The number of fused-ring (bicyclic) bond motifs is 1. The second-order valence-electron chi connectivity index (χ2n) is 4.25. The van der Waals surface area contributed by atoms with E-state index in [4.69, 9.17) is 0 Å². The number of imidazole rings is 1. The molecule has 0 aliphatic rings. The lowest BCUT2D eigenvalue weighted by molar-refractivity contribution is -0.116. The third kappa shape index (κ3) is 2.39. The first-order chi connectivity index (χ1) is 7.65. The molecule has 1 aromatic carbocycles. The molecule has 0 radical (unpaired) electrons. The number of aromatic nitrogens is 2. The zero-order valence-electron chi connectivity index (χ0n) is 9.45. The molecule has 0 unspecified atom stereocenters. The molecule has 0 saturated heterocycles. The number of aromatic amines is 1. The molecule has 0 saturated carbocycles. The molecule has 0 fully saturated rings. The van der Waals surface area contributed by atoms with Gasteiger partial charge in [0.25, 0.3) is 0 Å². The first-order valence-electron chi connectivity index (χ1n) is 5.40. The van der Waals surface area contributed by atoms with E-state index < -0.39 is 0 Å². The van der Waals surface area contributed by atoms with Gasteiger partial charge in [-0.05, 0) is 18.1 Å². The van der Waals surface area contributed by atoms with E-state index in [0.29, 0.717) is 18.3 Å². The van der Waals surface area contributed by atoms with E-state index in [1.807, 2.05) is 38.1 Å². The summed E-state index contributed by atoms with van der Waals surface area (Å²) in [4.78, 5) is 18.9. The Kier molecular flexibility index (Phi) is 2.90. The minimum absolute atomic E-state index is 0.00550. The van der Waals surface area contributed by atoms with Crippen LogP contribution in [0.3, 0.4) is 0 Å². The number of carbonyl (C=O) groups excluding carboxylic acids is 1. The second kappa shape index (κ2) is 4.35. The molecule has 2 aromatic rings. The Morgan fingerprint density at radius 3 is 2.88 bits per heavy atom. The summed E-state index contributed by atoms with van der Waals surface area (Å²) in [5.74, 6) is 0.866. The zero-order valence-corrected chi connectivity index (χ0v) is 9.45. The summed E-state index contributed by atoms with van der Waals surface area (Å²) in [6, 6.07) is 7.69. The number of nitrogens with zero attached hydrogens (tertiary/aromatic N) is 1. The van der Waals surface area contributed by atoms with Gasteiger partial charge in [0.15, 0.2) is 0 Å². The lowest BCUT2D eigenvalue weighted by Gasteiger charge is -2.03. The SMILES string of the molecule is CC(C)CC(=O)Nc1nc2ccccc2[nH]1. The van der Waals surface area contributed by atoms with Crippen molar-refractivity contribution in [1.82, 2.24) is 9.97 Å². The molecule has 16 heavy (non-hydrogen) atoms. The van der Waals surface area contributed by atoms with Gasteiger partial charge in [-0.1, -0.05) is 26.0 Å². The van der Waals surface area contributed by atoms with Crippen LogP contribution in [-0.4, -0.2) is 15.9 Å². The van der Waals surface area contributed by atoms with Crippen molar-refractivity contribution in [2.45, 2.75) is 20.3 Å². The number of benzene rings is 1. The fourth-order valence-corrected chi connectivity index (χ4v) is 1.57. The molecule has 0 aliphatic carbocycles. The van der Waals surface area contributed by atoms with Crippen LogP contribution in [0.5, 0.6) is 0 Å². The van der Waals surface area contributed by atoms with Crippen LogP contribution in [0.1, 0.15) is 20.3 Å². The summed E-state index contributed by atoms with van der Waals surface area (Å²) >= 11 is 0. The van der Waals surface area contributed by atoms with Crippen molar-refractivity contribution in [1.29, 1.82) is 0 Å². The summed E-state index contributed by atoms with van der Waals surface area (Å²) in [5.41, 5.74) is 1.80. The molecule has 1 amide bonds. The number of para-hydroxylation sites is 2. The smallest absolute Gasteiger partial charge is 0.226 e. The Morgan fingerprint density at radius 1 is 1.44 bits per heavy atom. The Labute approximate surface area is 94.1 Å². The van der Waals surface area contributed by atoms with Gasteiger partial charge in [-0.25, -0.2) is 4.98 Å². The molecule has 2 N–H and O–H groups in total. The summed E-state index contributed by atoms with van der Waals surface area (Å²) in [5, 5.41) is 2.76. The maximum absolute atomic E-state index is 11.5. The summed E-state index contributed by atoms with van der Waals surface area (Å²) in [7, 11) is 0. The van der Waals surface area contributed by atoms with Gasteiger partial charge >= 0.3 is 0 Å². The lowest BCUT2D eigenvalue weighted by Crippen LogP contribution is -2.14. The van der Waals surface area contributed by atoms with E-state index >= 15 is 0 Å². The van der Waals surface area contributed by atoms with E-state index in [0.717, 1.165) is 11.0 Å². The van der Waals surface area contributed by atoms with Crippen molar-refractivity contribution < 1.29 is 4.79 Å². The number of hydrogen-bond donors (Lipinski definition) is 2. The number of H-pyrrole nitrogens is 1.